The molecular weight excluding hydrogens is 373 g/mol. The Labute approximate surface area is 168 Å². The molecule has 0 saturated heterocycles. The van der Waals surface area contributed by atoms with E-state index in [2.05, 4.69) is 41.8 Å². The van der Waals surface area contributed by atoms with E-state index in [0.29, 0.717) is 24.3 Å². The summed E-state index contributed by atoms with van der Waals surface area (Å²) in [6.07, 6.45) is 0. The molecule has 3 rings (SSSR count). The number of hydrogen-bond donors (Lipinski definition) is 2. The van der Waals surface area contributed by atoms with Crippen molar-refractivity contribution in [3.63, 3.8) is 0 Å². The molecule has 0 aliphatic rings. The number of amides is 1. The smallest absolute Gasteiger partial charge is 0.255 e. The van der Waals surface area contributed by atoms with Crippen LogP contribution in [0, 0.1) is 5.82 Å². The topological polar surface area (TPSA) is 54.0 Å². The van der Waals surface area contributed by atoms with Gasteiger partial charge in [-0.3, -0.25) is 4.79 Å². The molecular formula is C22H24FN3OS. The minimum atomic E-state index is -0.428. The summed E-state index contributed by atoms with van der Waals surface area (Å²) in [6.45, 7) is 7.82. The predicted octanol–water partition coefficient (Wildman–Crippen LogP) is 5.12. The summed E-state index contributed by atoms with van der Waals surface area (Å²) >= 11 is 1.69. The highest BCUT2D eigenvalue weighted by atomic mass is 32.1. The van der Waals surface area contributed by atoms with E-state index in [1.54, 1.807) is 17.4 Å². The fraction of sp³-hybridized carbons (Fsp3) is 0.273. The molecule has 146 valence electrons. The highest BCUT2D eigenvalue weighted by molar-refractivity contribution is 7.09. The van der Waals surface area contributed by atoms with Gasteiger partial charge in [-0.25, -0.2) is 9.37 Å². The number of carbonyl (C=O) groups excluding carboxylic acids is 1. The second kappa shape index (κ2) is 8.63. The first-order chi connectivity index (χ1) is 13.3. The molecule has 0 aliphatic heterocycles. The van der Waals surface area contributed by atoms with Crippen molar-refractivity contribution in [2.24, 2.45) is 0 Å². The zero-order valence-electron chi connectivity index (χ0n) is 16.3. The van der Waals surface area contributed by atoms with E-state index in [9.17, 15) is 9.18 Å². The van der Waals surface area contributed by atoms with Gasteiger partial charge >= 0.3 is 0 Å². The van der Waals surface area contributed by atoms with Crippen LogP contribution < -0.4 is 10.6 Å². The predicted molar refractivity (Wildman–Crippen MR) is 112 cm³/mol. The first-order valence-corrected chi connectivity index (χ1v) is 10.0. The third-order valence-electron chi connectivity index (χ3n) is 4.10. The quantitative estimate of drug-likeness (QED) is 0.607. The van der Waals surface area contributed by atoms with Gasteiger partial charge in [0.25, 0.3) is 5.91 Å². The van der Waals surface area contributed by atoms with Crippen LogP contribution in [0.1, 0.15) is 47.4 Å². The zero-order valence-corrected chi connectivity index (χ0v) is 17.1. The standard InChI is InChI=1S/C22H24FN3OS/c1-22(2,3)21-26-19(14-28-21)13-24-12-15-6-4-9-18(10-15)25-20(27)16-7-5-8-17(23)11-16/h4-11,14,24H,12-13H2,1-3H3,(H,25,27). The Kier molecular flexibility index (Phi) is 6.21. The molecule has 1 heterocycles. The molecule has 4 nitrogen and oxygen atoms in total. The third-order valence-corrected chi connectivity index (χ3v) is 5.42. The van der Waals surface area contributed by atoms with Crippen molar-refractivity contribution in [1.29, 1.82) is 0 Å². The Morgan fingerprint density at radius 2 is 1.89 bits per heavy atom. The second-order valence-electron chi connectivity index (χ2n) is 7.66. The Hall–Kier alpha value is -2.57. The Morgan fingerprint density at radius 1 is 1.11 bits per heavy atom. The van der Waals surface area contributed by atoms with Crippen molar-refractivity contribution >= 4 is 22.9 Å². The van der Waals surface area contributed by atoms with Crippen LogP contribution in [0.25, 0.3) is 0 Å². The average Bonchev–Trinajstić information content (AvgIpc) is 3.11. The van der Waals surface area contributed by atoms with Gasteiger partial charge in [-0.2, -0.15) is 0 Å². The van der Waals surface area contributed by atoms with Crippen LogP contribution in [0.15, 0.2) is 53.9 Å². The fourth-order valence-electron chi connectivity index (χ4n) is 2.66. The lowest BCUT2D eigenvalue weighted by molar-refractivity contribution is 0.102. The fourth-order valence-corrected chi connectivity index (χ4v) is 3.57. The van der Waals surface area contributed by atoms with Crippen molar-refractivity contribution < 1.29 is 9.18 Å². The number of nitrogens with one attached hydrogen (secondary N) is 2. The van der Waals surface area contributed by atoms with Gasteiger partial charge in [0.1, 0.15) is 5.82 Å². The molecule has 1 aromatic heterocycles. The van der Waals surface area contributed by atoms with Gasteiger partial charge in [-0.15, -0.1) is 11.3 Å². The summed E-state index contributed by atoms with van der Waals surface area (Å²) in [5.41, 5.74) is 3.12. The van der Waals surface area contributed by atoms with Crippen molar-refractivity contribution in [3.05, 3.63) is 81.6 Å². The monoisotopic (exact) mass is 397 g/mol. The molecule has 0 aliphatic carbocycles. The maximum atomic E-state index is 13.3. The summed E-state index contributed by atoms with van der Waals surface area (Å²) < 4.78 is 13.3. The van der Waals surface area contributed by atoms with E-state index in [4.69, 9.17) is 0 Å². The van der Waals surface area contributed by atoms with E-state index in [-0.39, 0.29) is 11.3 Å². The SMILES string of the molecule is CC(C)(C)c1nc(CNCc2cccc(NC(=O)c3cccc(F)c3)c2)cs1. The molecule has 0 unspecified atom stereocenters. The molecule has 2 aromatic carbocycles. The molecule has 3 aromatic rings. The molecule has 0 bridgehead atoms. The van der Waals surface area contributed by atoms with Crippen LogP contribution in [-0.2, 0) is 18.5 Å². The lowest BCUT2D eigenvalue weighted by Crippen LogP contribution is -2.15. The van der Waals surface area contributed by atoms with E-state index in [1.165, 1.54) is 18.2 Å². The van der Waals surface area contributed by atoms with Gasteiger partial charge in [0.15, 0.2) is 0 Å². The normalized spacial score (nSPS) is 11.4. The number of benzene rings is 2. The van der Waals surface area contributed by atoms with Crippen LogP contribution in [0.2, 0.25) is 0 Å². The Bertz CT molecular complexity index is 962. The lowest BCUT2D eigenvalue weighted by Gasteiger charge is -2.13. The number of nitrogens with zero attached hydrogens (tertiary/aromatic N) is 1. The molecule has 0 spiro atoms. The summed E-state index contributed by atoms with van der Waals surface area (Å²) in [4.78, 5) is 16.9. The van der Waals surface area contributed by atoms with Gasteiger partial charge in [-0.1, -0.05) is 39.0 Å². The van der Waals surface area contributed by atoms with E-state index in [1.807, 2.05) is 24.3 Å². The molecule has 1 amide bonds. The summed E-state index contributed by atoms with van der Waals surface area (Å²) in [6, 6.07) is 13.3. The van der Waals surface area contributed by atoms with Crippen LogP contribution in [0.4, 0.5) is 10.1 Å². The lowest BCUT2D eigenvalue weighted by atomic mass is 9.98. The van der Waals surface area contributed by atoms with Gasteiger partial charge in [0.2, 0.25) is 0 Å². The molecule has 2 N–H and O–H groups in total. The first-order valence-electron chi connectivity index (χ1n) is 9.13. The number of anilines is 1. The number of rotatable bonds is 6. The molecule has 0 radical (unpaired) electrons. The zero-order chi connectivity index (χ0) is 20.1. The highest BCUT2D eigenvalue weighted by Gasteiger charge is 2.17. The van der Waals surface area contributed by atoms with Gasteiger partial charge in [0, 0.05) is 35.1 Å². The van der Waals surface area contributed by atoms with E-state index < -0.39 is 5.82 Å². The molecule has 6 heteroatoms. The number of aromatic nitrogens is 1. The molecule has 0 fully saturated rings. The van der Waals surface area contributed by atoms with Gasteiger partial charge in [-0.05, 0) is 35.9 Å². The number of carbonyl (C=O) groups is 1. The Morgan fingerprint density at radius 3 is 2.61 bits per heavy atom. The van der Waals surface area contributed by atoms with Crippen LogP contribution in [0.3, 0.4) is 0 Å². The summed E-state index contributed by atoms with van der Waals surface area (Å²) in [5.74, 6) is -0.760. The number of thiazole rings is 1. The van der Waals surface area contributed by atoms with Crippen molar-refractivity contribution in [1.82, 2.24) is 10.3 Å². The van der Waals surface area contributed by atoms with Crippen LogP contribution in [-0.4, -0.2) is 10.9 Å². The van der Waals surface area contributed by atoms with Crippen LogP contribution in [0.5, 0.6) is 0 Å². The molecule has 28 heavy (non-hydrogen) atoms. The number of hydrogen-bond acceptors (Lipinski definition) is 4. The number of halogens is 1. The Balaban J connectivity index is 1.56. The minimum absolute atomic E-state index is 0.0666. The third kappa shape index (κ3) is 5.47. The van der Waals surface area contributed by atoms with E-state index >= 15 is 0 Å². The van der Waals surface area contributed by atoms with Crippen molar-refractivity contribution in [2.45, 2.75) is 39.3 Å². The summed E-state index contributed by atoms with van der Waals surface area (Å²) in [5, 5.41) is 9.41. The first kappa shape index (κ1) is 20.2. The highest BCUT2D eigenvalue weighted by Crippen LogP contribution is 2.25. The van der Waals surface area contributed by atoms with Crippen molar-refractivity contribution in [2.75, 3.05) is 5.32 Å². The molecule has 0 saturated carbocycles. The van der Waals surface area contributed by atoms with Gasteiger partial charge < -0.3 is 10.6 Å². The second-order valence-corrected chi connectivity index (χ2v) is 8.52. The van der Waals surface area contributed by atoms with E-state index in [0.717, 1.165) is 16.3 Å². The van der Waals surface area contributed by atoms with Crippen LogP contribution >= 0.6 is 11.3 Å². The maximum Gasteiger partial charge on any atom is 0.255 e. The van der Waals surface area contributed by atoms with Crippen molar-refractivity contribution in [3.8, 4) is 0 Å². The molecule has 0 atom stereocenters. The minimum Gasteiger partial charge on any atom is -0.322 e. The maximum absolute atomic E-state index is 13.3. The van der Waals surface area contributed by atoms with Gasteiger partial charge in [0.05, 0.1) is 10.7 Å². The summed E-state index contributed by atoms with van der Waals surface area (Å²) in [7, 11) is 0. The average molecular weight is 398 g/mol. The largest absolute Gasteiger partial charge is 0.322 e.